The second kappa shape index (κ2) is 5.13. The lowest BCUT2D eigenvalue weighted by Gasteiger charge is -2.15. The molecule has 90 valence electrons. The van der Waals surface area contributed by atoms with Gasteiger partial charge in [0.1, 0.15) is 6.04 Å². The van der Waals surface area contributed by atoms with Crippen LogP contribution in [0.5, 0.6) is 0 Å². The number of hydrogen-bond acceptors (Lipinski definition) is 3. The average Bonchev–Trinajstić information content (AvgIpc) is 2.15. The van der Waals surface area contributed by atoms with Crippen LogP contribution in [0.15, 0.2) is 24.3 Å². The Hall–Kier alpha value is -1.34. The number of alkyl halides is 3. The van der Waals surface area contributed by atoms with E-state index in [4.69, 9.17) is 5.73 Å². The minimum absolute atomic E-state index is 0. The summed E-state index contributed by atoms with van der Waals surface area (Å²) in [5.74, 6) is 0. The van der Waals surface area contributed by atoms with Crippen molar-refractivity contribution in [3.8, 4) is 0 Å². The zero-order valence-electron chi connectivity index (χ0n) is 7.77. The average molecular weight is 257 g/mol. The summed E-state index contributed by atoms with van der Waals surface area (Å²) in [5, 5.41) is 10.3. The van der Waals surface area contributed by atoms with Gasteiger partial charge in [-0.2, -0.15) is 13.2 Å². The molecule has 0 saturated carbocycles. The van der Waals surface area contributed by atoms with E-state index in [-0.39, 0.29) is 18.0 Å². The van der Waals surface area contributed by atoms with Crippen molar-refractivity contribution < 1.29 is 18.1 Å². The zero-order chi connectivity index (χ0) is 11.6. The number of benzene rings is 1. The highest BCUT2D eigenvalue weighted by Crippen LogP contribution is 2.31. The minimum Gasteiger partial charge on any atom is -0.316 e. The summed E-state index contributed by atoms with van der Waals surface area (Å²) in [6.07, 6.45) is -4.60. The number of nitrogens with two attached hydrogens (primary N) is 1. The first-order valence-electron chi connectivity index (χ1n) is 3.89. The molecule has 16 heavy (non-hydrogen) atoms. The highest BCUT2D eigenvalue weighted by atomic mass is 35.5. The Labute approximate surface area is 94.8 Å². The highest BCUT2D eigenvalue weighted by Gasteiger charge is 2.38. The smallest absolute Gasteiger partial charge is 0.316 e. The van der Waals surface area contributed by atoms with Crippen LogP contribution in [0.1, 0.15) is 11.6 Å². The molecular weight excluding hydrogens is 249 g/mol. The van der Waals surface area contributed by atoms with E-state index < -0.39 is 22.8 Å². The van der Waals surface area contributed by atoms with E-state index in [2.05, 4.69) is 0 Å². The monoisotopic (exact) mass is 256 g/mol. The third kappa shape index (κ3) is 3.35. The van der Waals surface area contributed by atoms with E-state index in [1.807, 2.05) is 0 Å². The van der Waals surface area contributed by atoms with Crippen molar-refractivity contribution >= 4 is 18.1 Å². The molecule has 0 spiro atoms. The molecule has 0 aliphatic heterocycles. The summed E-state index contributed by atoms with van der Waals surface area (Å²) in [5.41, 5.74) is 4.16. The summed E-state index contributed by atoms with van der Waals surface area (Å²) in [4.78, 5) is 9.54. The number of rotatable bonds is 2. The fourth-order valence-corrected chi connectivity index (χ4v) is 1.02. The topological polar surface area (TPSA) is 69.2 Å². The molecule has 1 aromatic rings. The first-order valence-corrected chi connectivity index (χ1v) is 3.89. The number of nitro groups is 1. The molecule has 0 saturated heterocycles. The molecule has 0 heterocycles. The van der Waals surface area contributed by atoms with Gasteiger partial charge >= 0.3 is 6.18 Å². The number of hydrogen-bond donors (Lipinski definition) is 1. The molecule has 1 rings (SSSR count). The van der Waals surface area contributed by atoms with Crippen molar-refractivity contribution in [3.63, 3.8) is 0 Å². The Balaban J connectivity index is 0.00000225. The second-order valence-corrected chi connectivity index (χ2v) is 2.87. The van der Waals surface area contributed by atoms with Gasteiger partial charge in [-0.3, -0.25) is 10.1 Å². The maximum Gasteiger partial charge on any atom is 0.407 e. The van der Waals surface area contributed by atoms with Crippen molar-refractivity contribution in [2.75, 3.05) is 0 Å². The predicted octanol–water partition coefficient (Wildman–Crippen LogP) is 2.58. The number of halogens is 4. The fourth-order valence-electron chi connectivity index (χ4n) is 1.02. The molecule has 2 N–H and O–H groups in total. The molecule has 8 heteroatoms. The van der Waals surface area contributed by atoms with E-state index in [9.17, 15) is 23.3 Å². The fraction of sp³-hybridized carbons (Fsp3) is 0.250. The van der Waals surface area contributed by atoms with Crippen LogP contribution in [-0.4, -0.2) is 11.1 Å². The van der Waals surface area contributed by atoms with E-state index in [1.54, 1.807) is 0 Å². The van der Waals surface area contributed by atoms with Gasteiger partial charge in [0.15, 0.2) is 0 Å². The normalized spacial score (nSPS) is 12.8. The van der Waals surface area contributed by atoms with E-state index in [0.717, 1.165) is 18.2 Å². The first kappa shape index (κ1) is 14.7. The highest BCUT2D eigenvalue weighted by molar-refractivity contribution is 5.85. The van der Waals surface area contributed by atoms with Gasteiger partial charge in [-0.05, 0) is 5.56 Å². The van der Waals surface area contributed by atoms with Gasteiger partial charge in [-0.25, -0.2) is 0 Å². The SMILES string of the molecule is Cl.N[C@@H](c1cccc([N+](=O)[O-])c1)C(F)(F)F. The summed E-state index contributed by atoms with van der Waals surface area (Å²) in [6.45, 7) is 0. The van der Waals surface area contributed by atoms with Crippen LogP contribution in [0.4, 0.5) is 18.9 Å². The molecule has 0 amide bonds. The second-order valence-electron chi connectivity index (χ2n) is 2.87. The van der Waals surface area contributed by atoms with E-state index in [0.29, 0.717) is 0 Å². The Morgan fingerprint density at radius 1 is 1.38 bits per heavy atom. The van der Waals surface area contributed by atoms with Gasteiger partial charge < -0.3 is 5.73 Å². The van der Waals surface area contributed by atoms with Crippen molar-refractivity contribution in [1.29, 1.82) is 0 Å². The summed E-state index contributed by atoms with van der Waals surface area (Å²) >= 11 is 0. The molecule has 0 aliphatic carbocycles. The van der Waals surface area contributed by atoms with Crippen LogP contribution < -0.4 is 5.73 Å². The Morgan fingerprint density at radius 3 is 2.38 bits per heavy atom. The van der Waals surface area contributed by atoms with Gasteiger partial charge in [0.25, 0.3) is 5.69 Å². The minimum atomic E-state index is -4.60. The molecule has 1 atom stereocenters. The summed E-state index contributed by atoms with van der Waals surface area (Å²) in [6, 6.07) is 1.99. The third-order valence-corrected chi connectivity index (χ3v) is 1.79. The number of non-ortho nitro benzene ring substituents is 1. The number of nitrogens with zero attached hydrogens (tertiary/aromatic N) is 1. The third-order valence-electron chi connectivity index (χ3n) is 1.79. The largest absolute Gasteiger partial charge is 0.407 e. The van der Waals surface area contributed by atoms with Crippen molar-refractivity contribution in [1.82, 2.24) is 0 Å². The number of nitro benzene ring substituents is 1. The van der Waals surface area contributed by atoms with Crippen LogP contribution in [0.25, 0.3) is 0 Å². The molecule has 0 aromatic heterocycles. The maximum absolute atomic E-state index is 12.2. The molecule has 1 aromatic carbocycles. The maximum atomic E-state index is 12.2. The molecule has 0 aliphatic rings. The van der Waals surface area contributed by atoms with Crippen LogP contribution in [-0.2, 0) is 0 Å². The lowest BCUT2D eigenvalue weighted by molar-refractivity contribution is -0.385. The quantitative estimate of drug-likeness (QED) is 0.653. The Bertz CT molecular complexity index is 384. The van der Waals surface area contributed by atoms with Crippen LogP contribution in [0, 0.1) is 10.1 Å². The summed E-state index contributed by atoms with van der Waals surface area (Å²) < 4.78 is 36.5. The van der Waals surface area contributed by atoms with Crippen LogP contribution in [0.3, 0.4) is 0 Å². The molecule has 0 unspecified atom stereocenters. The Kier molecular flexibility index (Phi) is 4.70. The van der Waals surface area contributed by atoms with Gasteiger partial charge in [-0.15, -0.1) is 12.4 Å². The molecule has 0 bridgehead atoms. The summed E-state index contributed by atoms with van der Waals surface area (Å²) in [7, 11) is 0. The van der Waals surface area contributed by atoms with Gasteiger partial charge in [0.2, 0.25) is 0 Å². The molecule has 0 radical (unpaired) electrons. The Morgan fingerprint density at radius 2 is 1.94 bits per heavy atom. The van der Waals surface area contributed by atoms with Crippen LogP contribution >= 0.6 is 12.4 Å². The molecule has 4 nitrogen and oxygen atoms in total. The van der Waals surface area contributed by atoms with Crippen molar-refractivity contribution in [2.45, 2.75) is 12.2 Å². The molecule has 0 fully saturated rings. The lowest BCUT2D eigenvalue weighted by atomic mass is 10.1. The van der Waals surface area contributed by atoms with Gasteiger partial charge in [0.05, 0.1) is 4.92 Å². The lowest BCUT2D eigenvalue weighted by Crippen LogP contribution is -2.28. The van der Waals surface area contributed by atoms with E-state index >= 15 is 0 Å². The van der Waals surface area contributed by atoms with Gasteiger partial charge in [0, 0.05) is 12.1 Å². The van der Waals surface area contributed by atoms with Crippen molar-refractivity contribution in [3.05, 3.63) is 39.9 Å². The zero-order valence-corrected chi connectivity index (χ0v) is 8.59. The standard InChI is InChI=1S/C8H7F3N2O2.ClH/c9-8(10,11)7(12)5-2-1-3-6(4-5)13(14)15;/h1-4,7H,12H2;1H/t7-;/m0./s1. The predicted molar refractivity (Wildman–Crippen MR) is 53.3 cm³/mol. The first-order chi connectivity index (χ1) is 6.82. The van der Waals surface area contributed by atoms with Crippen molar-refractivity contribution in [2.24, 2.45) is 5.73 Å². The van der Waals surface area contributed by atoms with Crippen LogP contribution in [0.2, 0.25) is 0 Å². The molecular formula is C8H8ClF3N2O2. The van der Waals surface area contributed by atoms with Gasteiger partial charge in [-0.1, -0.05) is 12.1 Å². The van der Waals surface area contributed by atoms with E-state index in [1.165, 1.54) is 6.07 Å².